The zero-order valence-corrected chi connectivity index (χ0v) is 16.6. The Bertz CT molecular complexity index is 508. The number of halogens is 2. The summed E-state index contributed by atoms with van der Waals surface area (Å²) < 4.78 is 11.2. The second kappa shape index (κ2) is 10.3. The SMILES string of the molecule is COc1cc(O)cc(OC)c1[C@H](C1CCCC1)N1CCNCC1.Cl.Cl. The van der Waals surface area contributed by atoms with Crippen molar-refractivity contribution in [3.8, 4) is 17.2 Å². The Morgan fingerprint density at radius 1 is 1.04 bits per heavy atom. The highest BCUT2D eigenvalue weighted by Crippen LogP contribution is 2.47. The maximum atomic E-state index is 9.95. The first kappa shape index (κ1) is 22.2. The van der Waals surface area contributed by atoms with E-state index in [1.165, 1.54) is 25.7 Å². The lowest BCUT2D eigenvalue weighted by Gasteiger charge is -2.39. The molecule has 144 valence electrons. The van der Waals surface area contributed by atoms with Crippen LogP contribution in [0.1, 0.15) is 37.3 Å². The Balaban J connectivity index is 0.00000156. The van der Waals surface area contributed by atoms with E-state index in [4.69, 9.17) is 9.47 Å². The van der Waals surface area contributed by atoms with Crippen molar-refractivity contribution in [2.45, 2.75) is 31.7 Å². The molecule has 2 N–H and O–H groups in total. The molecule has 0 amide bonds. The first-order valence-electron chi connectivity index (χ1n) is 8.64. The largest absolute Gasteiger partial charge is 0.508 e. The van der Waals surface area contributed by atoms with Gasteiger partial charge in [0, 0.05) is 44.4 Å². The van der Waals surface area contributed by atoms with Crippen LogP contribution in [0.15, 0.2) is 12.1 Å². The molecule has 0 unspecified atom stereocenters. The molecule has 1 aliphatic carbocycles. The number of aromatic hydroxyl groups is 1. The minimum Gasteiger partial charge on any atom is -0.508 e. The maximum Gasteiger partial charge on any atom is 0.131 e. The van der Waals surface area contributed by atoms with E-state index in [0.29, 0.717) is 12.0 Å². The van der Waals surface area contributed by atoms with Crippen molar-refractivity contribution in [1.29, 1.82) is 0 Å². The highest BCUT2D eigenvalue weighted by Gasteiger charge is 2.36. The van der Waals surface area contributed by atoms with Crippen LogP contribution in [0.5, 0.6) is 17.2 Å². The third-order valence-electron chi connectivity index (χ3n) is 5.22. The number of hydrogen-bond acceptors (Lipinski definition) is 5. The van der Waals surface area contributed by atoms with Gasteiger partial charge in [-0.1, -0.05) is 12.8 Å². The quantitative estimate of drug-likeness (QED) is 0.803. The summed E-state index contributed by atoms with van der Waals surface area (Å²) in [6.45, 7) is 4.11. The molecule has 5 nitrogen and oxygen atoms in total. The van der Waals surface area contributed by atoms with Crippen LogP contribution in [-0.2, 0) is 0 Å². The minimum absolute atomic E-state index is 0. The lowest BCUT2D eigenvalue weighted by Crippen LogP contribution is -2.46. The Morgan fingerprint density at radius 2 is 1.56 bits per heavy atom. The molecule has 2 aliphatic rings. The molecular weight excluding hydrogens is 363 g/mol. The number of nitrogens with one attached hydrogen (secondary N) is 1. The fourth-order valence-corrected chi connectivity index (χ4v) is 4.17. The molecule has 1 saturated carbocycles. The van der Waals surface area contributed by atoms with Crippen molar-refractivity contribution < 1.29 is 14.6 Å². The molecule has 1 aliphatic heterocycles. The molecule has 0 spiro atoms. The highest BCUT2D eigenvalue weighted by molar-refractivity contribution is 5.85. The van der Waals surface area contributed by atoms with Gasteiger partial charge in [-0.25, -0.2) is 0 Å². The third kappa shape index (κ3) is 4.85. The second-order valence-corrected chi connectivity index (χ2v) is 6.54. The van der Waals surface area contributed by atoms with Gasteiger partial charge in [-0.15, -0.1) is 24.8 Å². The van der Waals surface area contributed by atoms with Crippen LogP contribution in [-0.4, -0.2) is 50.4 Å². The molecule has 25 heavy (non-hydrogen) atoms. The van der Waals surface area contributed by atoms with Gasteiger partial charge in [0.1, 0.15) is 17.2 Å². The van der Waals surface area contributed by atoms with Gasteiger partial charge < -0.3 is 19.9 Å². The summed E-state index contributed by atoms with van der Waals surface area (Å²) in [7, 11) is 3.34. The topological polar surface area (TPSA) is 54.0 Å². The smallest absolute Gasteiger partial charge is 0.131 e. The van der Waals surface area contributed by atoms with Crippen LogP contribution in [0, 0.1) is 5.92 Å². The van der Waals surface area contributed by atoms with E-state index >= 15 is 0 Å². The summed E-state index contributed by atoms with van der Waals surface area (Å²) in [5.41, 5.74) is 1.10. The lowest BCUT2D eigenvalue weighted by molar-refractivity contribution is 0.120. The van der Waals surface area contributed by atoms with Crippen LogP contribution >= 0.6 is 24.8 Å². The van der Waals surface area contributed by atoms with Crippen LogP contribution < -0.4 is 14.8 Å². The molecule has 3 rings (SSSR count). The molecule has 0 aromatic heterocycles. The zero-order chi connectivity index (χ0) is 16.2. The van der Waals surface area contributed by atoms with Gasteiger partial charge in [0.2, 0.25) is 0 Å². The Morgan fingerprint density at radius 3 is 2.04 bits per heavy atom. The Kier molecular flexibility index (Phi) is 9.14. The fraction of sp³-hybridized carbons (Fsp3) is 0.667. The molecule has 1 saturated heterocycles. The van der Waals surface area contributed by atoms with Gasteiger partial charge in [0.25, 0.3) is 0 Å². The molecule has 0 radical (unpaired) electrons. The van der Waals surface area contributed by atoms with E-state index < -0.39 is 0 Å². The number of piperazine rings is 1. The highest BCUT2D eigenvalue weighted by atomic mass is 35.5. The molecule has 1 aromatic rings. The molecular formula is C18H30Cl2N2O3. The number of phenols is 1. The van der Waals surface area contributed by atoms with Crippen molar-refractivity contribution >= 4 is 24.8 Å². The number of phenolic OH excluding ortho intramolecular Hbond substituents is 1. The second-order valence-electron chi connectivity index (χ2n) is 6.54. The first-order chi connectivity index (χ1) is 11.2. The van der Waals surface area contributed by atoms with Crippen molar-refractivity contribution in [3.05, 3.63) is 17.7 Å². The van der Waals surface area contributed by atoms with Crippen LogP contribution in [0.4, 0.5) is 0 Å². The van der Waals surface area contributed by atoms with Crippen LogP contribution in [0.3, 0.4) is 0 Å². The van der Waals surface area contributed by atoms with E-state index in [0.717, 1.165) is 43.2 Å². The summed E-state index contributed by atoms with van der Waals surface area (Å²) in [5, 5.41) is 13.4. The normalized spacial score (nSPS) is 19.6. The average molecular weight is 393 g/mol. The van der Waals surface area contributed by atoms with Crippen molar-refractivity contribution in [1.82, 2.24) is 10.2 Å². The van der Waals surface area contributed by atoms with E-state index in [1.54, 1.807) is 26.4 Å². The number of methoxy groups -OCH3 is 2. The molecule has 1 aromatic carbocycles. The number of ether oxygens (including phenoxy) is 2. The first-order valence-corrected chi connectivity index (χ1v) is 8.64. The number of benzene rings is 1. The monoisotopic (exact) mass is 392 g/mol. The number of nitrogens with zero attached hydrogens (tertiary/aromatic N) is 1. The lowest BCUT2D eigenvalue weighted by atomic mass is 9.88. The van der Waals surface area contributed by atoms with Gasteiger partial charge in [-0.2, -0.15) is 0 Å². The molecule has 0 bridgehead atoms. The van der Waals surface area contributed by atoms with E-state index in [9.17, 15) is 5.11 Å². The van der Waals surface area contributed by atoms with Gasteiger partial charge in [0.05, 0.1) is 19.8 Å². The standard InChI is InChI=1S/C18H28N2O3.2ClH/c1-22-15-11-14(21)12-16(23-2)17(15)18(13-5-3-4-6-13)20-9-7-19-8-10-20;;/h11-13,18-19,21H,3-10H2,1-2H3;2*1H/t18-;;/m0../s1. The summed E-state index contributed by atoms with van der Waals surface area (Å²) >= 11 is 0. The van der Waals surface area contributed by atoms with Crippen molar-refractivity contribution in [2.75, 3.05) is 40.4 Å². The van der Waals surface area contributed by atoms with Crippen LogP contribution in [0.2, 0.25) is 0 Å². The van der Waals surface area contributed by atoms with Crippen LogP contribution in [0.25, 0.3) is 0 Å². The zero-order valence-electron chi connectivity index (χ0n) is 15.0. The van der Waals surface area contributed by atoms with Gasteiger partial charge in [0.15, 0.2) is 0 Å². The van der Waals surface area contributed by atoms with E-state index in [1.807, 2.05) is 0 Å². The Hall–Kier alpha value is -0.880. The minimum atomic E-state index is 0. The van der Waals surface area contributed by atoms with E-state index in [-0.39, 0.29) is 30.6 Å². The Labute approximate surface area is 162 Å². The third-order valence-corrected chi connectivity index (χ3v) is 5.22. The predicted molar refractivity (Wildman–Crippen MR) is 105 cm³/mol. The number of rotatable bonds is 5. The summed E-state index contributed by atoms with van der Waals surface area (Å²) in [4.78, 5) is 2.56. The molecule has 7 heteroatoms. The van der Waals surface area contributed by atoms with Crippen molar-refractivity contribution in [2.24, 2.45) is 5.92 Å². The molecule has 2 fully saturated rings. The maximum absolute atomic E-state index is 9.95. The van der Waals surface area contributed by atoms with E-state index in [2.05, 4.69) is 10.2 Å². The molecule has 1 heterocycles. The summed E-state index contributed by atoms with van der Waals surface area (Å²) in [5.74, 6) is 2.28. The molecule has 1 atom stereocenters. The summed E-state index contributed by atoms with van der Waals surface area (Å²) in [6, 6.07) is 3.72. The van der Waals surface area contributed by atoms with Gasteiger partial charge >= 0.3 is 0 Å². The van der Waals surface area contributed by atoms with Crippen molar-refractivity contribution in [3.63, 3.8) is 0 Å². The van der Waals surface area contributed by atoms with Gasteiger partial charge in [-0.05, 0) is 18.8 Å². The van der Waals surface area contributed by atoms with Gasteiger partial charge in [-0.3, -0.25) is 4.90 Å². The average Bonchev–Trinajstić information content (AvgIpc) is 3.11. The fourth-order valence-electron chi connectivity index (χ4n) is 4.17. The number of hydrogen-bond donors (Lipinski definition) is 2. The predicted octanol–water partition coefficient (Wildman–Crippen LogP) is 3.39. The summed E-state index contributed by atoms with van der Waals surface area (Å²) in [6.07, 6.45) is 5.11.